The van der Waals surface area contributed by atoms with Gasteiger partial charge in [0.2, 0.25) is 0 Å². The van der Waals surface area contributed by atoms with E-state index in [1.54, 1.807) is 0 Å². The van der Waals surface area contributed by atoms with Crippen molar-refractivity contribution in [2.45, 2.75) is 0 Å². The van der Waals surface area contributed by atoms with Gasteiger partial charge in [0.15, 0.2) is 0 Å². The maximum atomic E-state index is 6.44. The van der Waals surface area contributed by atoms with E-state index in [0.29, 0.717) is 0 Å². The maximum Gasteiger partial charge on any atom is 0.143 e. The lowest BCUT2D eigenvalue weighted by Gasteiger charge is -2.26. The molecule has 292 valence electrons. The van der Waals surface area contributed by atoms with Crippen LogP contribution in [-0.4, -0.2) is 0 Å². The monoisotopic (exact) mass is 791 g/mol. The van der Waals surface area contributed by atoms with Crippen LogP contribution < -0.4 is 4.90 Å². The minimum atomic E-state index is 0.902. The van der Waals surface area contributed by atoms with Crippen molar-refractivity contribution in [3.8, 4) is 66.8 Å². The summed E-state index contributed by atoms with van der Waals surface area (Å²) in [6.45, 7) is 0. The van der Waals surface area contributed by atoms with Crippen LogP contribution in [0.25, 0.3) is 88.7 Å². The van der Waals surface area contributed by atoms with Gasteiger partial charge in [-0.1, -0.05) is 206 Å². The average molecular weight is 792 g/mol. The topological polar surface area (TPSA) is 16.4 Å². The quantitative estimate of drug-likeness (QED) is 0.145. The first-order valence-electron chi connectivity index (χ1n) is 21.2. The molecule has 0 fully saturated rings. The van der Waals surface area contributed by atoms with Crippen LogP contribution in [0.5, 0.6) is 0 Å². The normalized spacial score (nSPS) is 11.2. The van der Waals surface area contributed by atoms with Gasteiger partial charge in [0.05, 0.1) is 0 Å². The molecule has 0 aliphatic carbocycles. The fourth-order valence-electron chi connectivity index (χ4n) is 8.95. The number of fused-ring (bicyclic) bond motifs is 3. The average Bonchev–Trinajstić information content (AvgIpc) is 3.75. The molecule has 0 saturated heterocycles. The summed E-state index contributed by atoms with van der Waals surface area (Å²) in [4.78, 5) is 2.34. The molecule has 0 spiro atoms. The zero-order chi connectivity index (χ0) is 41.2. The molecule has 2 heteroatoms. The molecule has 1 aromatic heterocycles. The highest BCUT2D eigenvalue weighted by atomic mass is 16.3. The van der Waals surface area contributed by atoms with E-state index in [-0.39, 0.29) is 0 Å². The van der Waals surface area contributed by atoms with Gasteiger partial charge in [0.1, 0.15) is 11.2 Å². The second kappa shape index (κ2) is 16.1. The molecule has 0 N–H and O–H groups in total. The Labute approximate surface area is 362 Å². The van der Waals surface area contributed by atoms with Crippen molar-refractivity contribution < 1.29 is 4.42 Å². The van der Waals surface area contributed by atoms with Crippen molar-refractivity contribution in [2.24, 2.45) is 0 Å². The number of para-hydroxylation sites is 2. The molecule has 11 rings (SSSR count). The van der Waals surface area contributed by atoms with Crippen molar-refractivity contribution in [3.63, 3.8) is 0 Å². The second-order valence-electron chi connectivity index (χ2n) is 15.6. The zero-order valence-corrected chi connectivity index (χ0v) is 34.0. The third-order valence-corrected chi connectivity index (χ3v) is 11.9. The number of anilines is 3. The van der Waals surface area contributed by atoms with Crippen molar-refractivity contribution >= 4 is 39.0 Å². The van der Waals surface area contributed by atoms with Crippen molar-refractivity contribution in [3.05, 3.63) is 249 Å². The van der Waals surface area contributed by atoms with Gasteiger partial charge in [0, 0.05) is 33.4 Å². The summed E-state index contributed by atoms with van der Waals surface area (Å²) in [7, 11) is 0. The largest absolute Gasteiger partial charge is 0.455 e. The molecule has 0 saturated carbocycles. The fourth-order valence-corrected chi connectivity index (χ4v) is 8.95. The van der Waals surface area contributed by atoms with Crippen LogP contribution in [0.15, 0.2) is 253 Å². The smallest absolute Gasteiger partial charge is 0.143 e. The Morgan fingerprint density at radius 3 is 1.21 bits per heavy atom. The van der Waals surface area contributed by atoms with Crippen LogP contribution in [0.3, 0.4) is 0 Å². The Morgan fingerprint density at radius 2 is 0.613 bits per heavy atom. The highest BCUT2D eigenvalue weighted by Gasteiger charge is 2.20. The van der Waals surface area contributed by atoms with Gasteiger partial charge in [-0.25, -0.2) is 0 Å². The molecule has 2 nitrogen and oxygen atoms in total. The van der Waals surface area contributed by atoms with Crippen molar-refractivity contribution in [2.75, 3.05) is 4.90 Å². The third-order valence-electron chi connectivity index (χ3n) is 11.9. The Balaban J connectivity index is 1.02. The molecule has 10 aromatic carbocycles. The van der Waals surface area contributed by atoms with E-state index in [1.807, 2.05) is 12.1 Å². The number of nitrogens with zero attached hydrogens (tertiary/aromatic N) is 1. The molecule has 0 atom stereocenters. The summed E-state index contributed by atoms with van der Waals surface area (Å²) < 4.78 is 6.44. The lowest BCUT2D eigenvalue weighted by atomic mass is 9.84. The molecule has 0 aliphatic heterocycles. The van der Waals surface area contributed by atoms with Crippen LogP contribution in [0.1, 0.15) is 0 Å². The fraction of sp³-hybridized carbons (Fsp3) is 0. The predicted molar refractivity (Wildman–Crippen MR) is 261 cm³/mol. The van der Waals surface area contributed by atoms with E-state index in [1.165, 1.54) is 50.1 Å². The third kappa shape index (κ3) is 6.84. The van der Waals surface area contributed by atoms with Crippen molar-refractivity contribution in [1.82, 2.24) is 0 Å². The zero-order valence-electron chi connectivity index (χ0n) is 34.0. The Kier molecular flexibility index (Phi) is 9.57. The minimum absolute atomic E-state index is 0.902. The van der Waals surface area contributed by atoms with E-state index >= 15 is 0 Å². The van der Waals surface area contributed by atoms with Gasteiger partial charge >= 0.3 is 0 Å². The number of furan rings is 1. The van der Waals surface area contributed by atoms with Gasteiger partial charge in [0.25, 0.3) is 0 Å². The summed E-state index contributed by atoms with van der Waals surface area (Å²) in [5.41, 5.74) is 19.1. The second-order valence-corrected chi connectivity index (χ2v) is 15.6. The first kappa shape index (κ1) is 36.8. The van der Waals surface area contributed by atoms with Gasteiger partial charge < -0.3 is 9.32 Å². The molecule has 0 bridgehead atoms. The van der Waals surface area contributed by atoms with Crippen molar-refractivity contribution in [1.29, 1.82) is 0 Å². The van der Waals surface area contributed by atoms with E-state index in [2.05, 4.69) is 241 Å². The molecule has 0 radical (unpaired) electrons. The Bertz CT molecular complexity index is 3300. The predicted octanol–water partition coefficient (Wildman–Crippen LogP) is 17.1. The molecule has 0 aliphatic rings. The van der Waals surface area contributed by atoms with Crippen LogP contribution in [0.2, 0.25) is 0 Å². The Morgan fingerprint density at radius 1 is 0.242 bits per heavy atom. The number of rotatable bonds is 9. The van der Waals surface area contributed by atoms with Crippen LogP contribution >= 0.6 is 0 Å². The van der Waals surface area contributed by atoms with Gasteiger partial charge in [-0.3, -0.25) is 0 Å². The van der Waals surface area contributed by atoms with E-state index < -0.39 is 0 Å². The van der Waals surface area contributed by atoms with Gasteiger partial charge in [-0.2, -0.15) is 0 Å². The van der Waals surface area contributed by atoms with Gasteiger partial charge in [-0.15, -0.1) is 0 Å². The maximum absolute atomic E-state index is 6.44. The summed E-state index contributed by atoms with van der Waals surface area (Å²) in [5, 5.41) is 2.26. The molecular weight excluding hydrogens is 751 g/mol. The lowest BCUT2D eigenvalue weighted by molar-refractivity contribution is 0.670. The van der Waals surface area contributed by atoms with E-state index in [9.17, 15) is 0 Å². The van der Waals surface area contributed by atoms with Crippen LogP contribution in [0.4, 0.5) is 17.1 Å². The molecule has 0 unspecified atom stereocenters. The highest BCUT2D eigenvalue weighted by Crippen LogP contribution is 2.45. The minimum Gasteiger partial charge on any atom is -0.455 e. The summed E-state index contributed by atoms with van der Waals surface area (Å²) in [6.07, 6.45) is 0. The number of hydrogen-bond acceptors (Lipinski definition) is 2. The van der Waals surface area contributed by atoms with E-state index in [4.69, 9.17) is 4.42 Å². The molecule has 0 amide bonds. The summed E-state index contributed by atoms with van der Waals surface area (Å²) in [6, 6.07) is 89.0. The summed E-state index contributed by atoms with van der Waals surface area (Å²) in [5.74, 6) is 0. The molecular formula is C60H41NO. The molecule has 62 heavy (non-hydrogen) atoms. The van der Waals surface area contributed by atoms with Crippen LogP contribution in [-0.2, 0) is 0 Å². The van der Waals surface area contributed by atoms with Gasteiger partial charge in [-0.05, 0) is 104 Å². The molecule has 11 aromatic rings. The highest BCUT2D eigenvalue weighted by molar-refractivity contribution is 6.09. The number of hydrogen-bond donors (Lipinski definition) is 0. The first-order valence-corrected chi connectivity index (χ1v) is 21.2. The first-order chi connectivity index (χ1) is 30.8. The standard InChI is InChI=1S/C60H41NO/c1-4-16-42(17-5-1)43-30-36-48(37-31-43)61(50-40-34-47(35-41-50)54-27-15-28-57-55-23-12-13-29-58(55)62-60(54)57)49-38-32-46(33-39-49)53-26-14-25-52(45-20-8-3-9-21-45)59(53)56-24-11-10-22-51(56)44-18-6-2-7-19-44/h1-41H. The van der Waals surface area contributed by atoms with E-state index in [0.717, 1.165) is 55.7 Å². The van der Waals surface area contributed by atoms with Crippen LogP contribution in [0, 0.1) is 0 Å². The lowest BCUT2D eigenvalue weighted by Crippen LogP contribution is -2.09. The molecule has 1 heterocycles. The SMILES string of the molecule is c1ccc(-c2ccc(N(c3ccc(-c4cccc(-c5ccccc5)c4-c4ccccc4-c4ccccc4)cc3)c3ccc(-c4cccc5c4oc4ccccc45)cc3)cc2)cc1. The Hall–Kier alpha value is -8.20. The number of benzene rings is 10. The summed E-state index contributed by atoms with van der Waals surface area (Å²) >= 11 is 0.